The summed E-state index contributed by atoms with van der Waals surface area (Å²) in [5.41, 5.74) is 2.74. The zero-order chi connectivity index (χ0) is 27.2. The van der Waals surface area contributed by atoms with Crippen molar-refractivity contribution in [1.82, 2.24) is 10.2 Å². The van der Waals surface area contributed by atoms with Crippen LogP contribution in [0.1, 0.15) is 16.7 Å². The predicted octanol–water partition coefficient (Wildman–Crippen LogP) is 4.45. The van der Waals surface area contributed by atoms with Crippen LogP contribution < -0.4 is 9.62 Å². The Bertz CT molecular complexity index is 1370. The van der Waals surface area contributed by atoms with Gasteiger partial charge in [0.2, 0.25) is 21.8 Å². The Morgan fingerprint density at radius 1 is 0.946 bits per heavy atom. The molecule has 1 atom stereocenters. The molecule has 0 fully saturated rings. The molecule has 37 heavy (non-hydrogen) atoms. The number of benzene rings is 3. The van der Waals surface area contributed by atoms with E-state index in [9.17, 15) is 18.0 Å². The van der Waals surface area contributed by atoms with Gasteiger partial charge in [0.15, 0.2) is 0 Å². The van der Waals surface area contributed by atoms with Crippen molar-refractivity contribution in [2.45, 2.75) is 25.9 Å². The fourth-order valence-corrected chi connectivity index (χ4v) is 5.31. The van der Waals surface area contributed by atoms with Gasteiger partial charge in [-0.05, 0) is 30.2 Å². The summed E-state index contributed by atoms with van der Waals surface area (Å²) in [5.74, 6) is -0.927. The van der Waals surface area contributed by atoms with E-state index in [1.54, 1.807) is 6.07 Å². The van der Waals surface area contributed by atoms with E-state index in [1.165, 1.54) is 24.1 Å². The monoisotopic (exact) mass is 561 g/mol. The zero-order valence-electron chi connectivity index (χ0n) is 20.8. The summed E-state index contributed by atoms with van der Waals surface area (Å²) in [6.45, 7) is 1.47. The fourth-order valence-electron chi connectivity index (χ4n) is 4.01. The first-order valence-corrected chi connectivity index (χ1v) is 14.1. The maximum absolute atomic E-state index is 13.9. The topological polar surface area (TPSA) is 86.8 Å². The quantitative estimate of drug-likeness (QED) is 0.396. The summed E-state index contributed by atoms with van der Waals surface area (Å²) in [5, 5.41) is 2.82. The first kappa shape index (κ1) is 28.5. The molecule has 196 valence electrons. The van der Waals surface area contributed by atoms with E-state index < -0.39 is 28.5 Å². The second-order valence-electron chi connectivity index (χ2n) is 8.67. The zero-order valence-corrected chi connectivity index (χ0v) is 23.1. The van der Waals surface area contributed by atoms with E-state index >= 15 is 0 Å². The Labute approximate surface area is 228 Å². The molecule has 1 unspecified atom stereocenters. The Hall–Kier alpha value is -3.07. The summed E-state index contributed by atoms with van der Waals surface area (Å²) in [6.07, 6.45) is 1.23. The van der Waals surface area contributed by atoms with Gasteiger partial charge in [-0.2, -0.15) is 0 Å². The number of nitrogens with one attached hydrogen (secondary N) is 1. The molecule has 7 nitrogen and oxygen atoms in total. The van der Waals surface area contributed by atoms with E-state index in [0.29, 0.717) is 0 Å². The van der Waals surface area contributed by atoms with Crippen molar-refractivity contribution in [1.29, 1.82) is 0 Å². The van der Waals surface area contributed by atoms with Crippen LogP contribution in [0, 0.1) is 6.92 Å². The van der Waals surface area contributed by atoms with Crippen molar-refractivity contribution < 1.29 is 18.0 Å². The van der Waals surface area contributed by atoms with Gasteiger partial charge in [-0.25, -0.2) is 8.42 Å². The number of anilines is 1. The molecule has 0 aliphatic rings. The van der Waals surface area contributed by atoms with Gasteiger partial charge in [-0.15, -0.1) is 0 Å². The molecule has 3 rings (SSSR count). The Balaban J connectivity index is 2.06. The number of hydrogen-bond acceptors (Lipinski definition) is 4. The van der Waals surface area contributed by atoms with Gasteiger partial charge in [-0.1, -0.05) is 89.4 Å². The Kier molecular flexibility index (Phi) is 9.59. The molecule has 0 radical (unpaired) electrons. The number of amides is 2. The number of carbonyl (C=O) groups is 2. The largest absolute Gasteiger partial charge is 0.357 e. The molecule has 0 aromatic heterocycles. The molecule has 0 bridgehead atoms. The summed E-state index contributed by atoms with van der Waals surface area (Å²) in [6, 6.07) is 20.6. The van der Waals surface area contributed by atoms with Crippen molar-refractivity contribution in [3.8, 4) is 0 Å². The van der Waals surface area contributed by atoms with Gasteiger partial charge < -0.3 is 10.2 Å². The summed E-state index contributed by atoms with van der Waals surface area (Å²) in [4.78, 5) is 28.4. The average Bonchev–Trinajstić information content (AvgIpc) is 2.86. The lowest BCUT2D eigenvalue weighted by molar-refractivity contribution is -0.139. The van der Waals surface area contributed by atoms with Crippen LogP contribution >= 0.6 is 23.2 Å². The highest BCUT2D eigenvalue weighted by Gasteiger charge is 2.33. The van der Waals surface area contributed by atoms with E-state index in [4.69, 9.17) is 23.2 Å². The Morgan fingerprint density at radius 3 is 2.22 bits per heavy atom. The van der Waals surface area contributed by atoms with Crippen molar-refractivity contribution in [2.24, 2.45) is 0 Å². The van der Waals surface area contributed by atoms with Crippen molar-refractivity contribution in [3.63, 3.8) is 0 Å². The molecule has 2 amide bonds. The number of likely N-dealkylation sites (N-methyl/N-ethyl adjacent to an activating group) is 1. The molecule has 1 N–H and O–H groups in total. The molecular formula is C27H29Cl2N3O4S. The normalized spacial score (nSPS) is 12.0. The molecule has 0 heterocycles. The average molecular weight is 563 g/mol. The third-order valence-electron chi connectivity index (χ3n) is 5.83. The predicted molar refractivity (Wildman–Crippen MR) is 148 cm³/mol. The van der Waals surface area contributed by atoms with Crippen LogP contribution in [0.15, 0.2) is 72.8 Å². The van der Waals surface area contributed by atoms with Crippen LogP contribution in [-0.4, -0.2) is 51.0 Å². The molecular weight excluding hydrogens is 533 g/mol. The van der Waals surface area contributed by atoms with Gasteiger partial charge in [0, 0.05) is 20.0 Å². The first-order valence-electron chi connectivity index (χ1n) is 11.5. The van der Waals surface area contributed by atoms with E-state index in [0.717, 1.165) is 27.3 Å². The lowest BCUT2D eigenvalue weighted by Gasteiger charge is -2.33. The summed E-state index contributed by atoms with van der Waals surface area (Å²) >= 11 is 12.4. The maximum Gasteiger partial charge on any atom is 0.244 e. The molecule has 0 aliphatic carbocycles. The SMILES string of the molecule is CNC(=O)C(Cc1ccccc1)N(Cc1cccc(C)c1)C(=O)CN(c1cccc(Cl)c1Cl)S(C)(=O)=O. The van der Waals surface area contributed by atoms with Crippen molar-refractivity contribution in [3.05, 3.63) is 99.5 Å². The molecule has 10 heteroatoms. The summed E-state index contributed by atoms with van der Waals surface area (Å²) < 4.78 is 26.5. The van der Waals surface area contributed by atoms with Crippen LogP contribution in [0.3, 0.4) is 0 Å². The van der Waals surface area contributed by atoms with Gasteiger partial charge in [0.25, 0.3) is 0 Å². The molecule has 3 aromatic rings. The highest BCUT2D eigenvalue weighted by molar-refractivity contribution is 7.92. The highest BCUT2D eigenvalue weighted by Crippen LogP contribution is 2.33. The second kappa shape index (κ2) is 12.4. The smallest absolute Gasteiger partial charge is 0.244 e. The van der Waals surface area contributed by atoms with Crippen LogP contribution in [0.2, 0.25) is 10.0 Å². The molecule has 0 aliphatic heterocycles. The number of rotatable bonds is 10. The van der Waals surface area contributed by atoms with E-state index in [-0.39, 0.29) is 34.6 Å². The number of sulfonamides is 1. The number of nitrogens with zero attached hydrogens (tertiary/aromatic N) is 2. The van der Waals surface area contributed by atoms with Crippen LogP contribution in [-0.2, 0) is 32.6 Å². The second-order valence-corrected chi connectivity index (χ2v) is 11.4. The van der Waals surface area contributed by atoms with Gasteiger partial charge >= 0.3 is 0 Å². The molecule has 3 aromatic carbocycles. The van der Waals surface area contributed by atoms with Gasteiger partial charge in [-0.3, -0.25) is 13.9 Å². The Morgan fingerprint density at radius 2 is 1.59 bits per heavy atom. The van der Waals surface area contributed by atoms with Crippen LogP contribution in [0.4, 0.5) is 5.69 Å². The first-order chi connectivity index (χ1) is 17.5. The van der Waals surface area contributed by atoms with Crippen LogP contribution in [0.25, 0.3) is 0 Å². The molecule has 0 saturated carbocycles. The minimum atomic E-state index is -3.93. The third-order valence-corrected chi connectivity index (χ3v) is 7.77. The molecule has 0 spiro atoms. The third kappa shape index (κ3) is 7.47. The summed E-state index contributed by atoms with van der Waals surface area (Å²) in [7, 11) is -2.43. The van der Waals surface area contributed by atoms with E-state index in [2.05, 4.69) is 5.32 Å². The number of carbonyl (C=O) groups excluding carboxylic acids is 2. The van der Waals surface area contributed by atoms with Crippen LogP contribution in [0.5, 0.6) is 0 Å². The number of aryl methyl sites for hydroxylation is 1. The lowest BCUT2D eigenvalue weighted by Crippen LogP contribution is -2.52. The fraction of sp³-hybridized carbons (Fsp3) is 0.259. The number of halogens is 2. The maximum atomic E-state index is 13.9. The lowest BCUT2D eigenvalue weighted by atomic mass is 10.0. The number of hydrogen-bond donors (Lipinski definition) is 1. The van der Waals surface area contributed by atoms with E-state index in [1.807, 2.05) is 61.5 Å². The minimum absolute atomic E-state index is 0.0137. The van der Waals surface area contributed by atoms with Gasteiger partial charge in [0.05, 0.1) is 22.0 Å². The van der Waals surface area contributed by atoms with Gasteiger partial charge in [0.1, 0.15) is 12.6 Å². The van der Waals surface area contributed by atoms with Crippen molar-refractivity contribution in [2.75, 3.05) is 24.2 Å². The van der Waals surface area contributed by atoms with Crippen molar-refractivity contribution >= 4 is 50.7 Å². The standard InChI is InChI=1S/C27H29Cl2N3O4S/c1-19-9-7-12-21(15-19)17-31(24(27(34)30-2)16-20-10-5-4-6-11-20)25(33)18-32(37(3,35)36)23-14-8-13-22(28)26(23)29/h4-15,24H,16-18H2,1-3H3,(H,30,34). The highest BCUT2D eigenvalue weighted by atomic mass is 35.5. The minimum Gasteiger partial charge on any atom is -0.357 e. The molecule has 0 saturated heterocycles.